The molecule has 0 radical (unpaired) electrons. The minimum atomic E-state index is -0.653. The molecule has 5 rings (SSSR count). The van der Waals surface area contributed by atoms with E-state index in [4.69, 9.17) is 5.73 Å². The molecule has 2 aliphatic rings. The Balaban J connectivity index is 1.52. The normalized spacial score (nSPS) is 25.9. The Kier molecular flexibility index (Phi) is 3.95. The Morgan fingerprint density at radius 2 is 1.72 bits per heavy atom. The van der Waals surface area contributed by atoms with E-state index >= 15 is 0 Å². The summed E-state index contributed by atoms with van der Waals surface area (Å²) < 4.78 is 2.03. The summed E-state index contributed by atoms with van der Waals surface area (Å²) in [6.07, 6.45) is 3.38. The SMILES string of the molecule is Cc1cc2n(n1)CN(c1ccccc1)C(c1ccc(C3(N)CC(C)(O)C3)cc1)=C2. The highest BCUT2D eigenvalue weighted by molar-refractivity contribution is 5.90. The van der Waals surface area contributed by atoms with E-state index in [1.165, 1.54) is 0 Å². The van der Waals surface area contributed by atoms with Crippen molar-refractivity contribution < 1.29 is 5.11 Å². The molecule has 1 aliphatic heterocycles. The first kappa shape index (κ1) is 18.2. The van der Waals surface area contributed by atoms with Crippen molar-refractivity contribution in [2.45, 2.75) is 44.5 Å². The van der Waals surface area contributed by atoms with E-state index < -0.39 is 11.1 Å². The Labute approximate surface area is 171 Å². The van der Waals surface area contributed by atoms with Crippen LogP contribution in [-0.2, 0) is 12.2 Å². The molecule has 0 atom stereocenters. The van der Waals surface area contributed by atoms with Crippen molar-refractivity contribution in [1.29, 1.82) is 0 Å². The summed E-state index contributed by atoms with van der Waals surface area (Å²) >= 11 is 0. The van der Waals surface area contributed by atoms with Crippen LogP contribution < -0.4 is 10.6 Å². The first-order chi connectivity index (χ1) is 13.8. The van der Waals surface area contributed by atoms with Crippen LogP contribution in [0.4, 0.5) is 5.69 Å². The van der Waals surface area contributed by atoms with Gasteiger partial charge in [-0.3, -0.25) is 0 Å². The van der Waals surface area contributed by atoms with Crippen LogP contribution in [0.2, 0.25) is 0 Å². The Bertz CT molecular complexity index is 1070. The molecule has 5 nitrogen and oxygen atoms in total. The summed E-state index contributed by atoms with van der Waals surface area (Å²) in [5.41, 5.74) is 12.0. The summed E-state index contributed by atoms with van der Waals surface area (Å²) in [4.78, 5) is 2.28. The molecule has 0 saturated heterocycles. The largest absolute Gasteiger partial charge is 0.390 e. The maximum Gasteiger partial charge on any atom is 0.117 e. The lowest BCUT2D eigenvalue weighted by Crippen LogP contribution is -2.58. The van der Waals surface area contributed by atoms with Gasteiger partial charge in [0.1, 0.15) is 6.67 Å². The van der Waals surface area contributed by atoms with Gasteiger partial charge in [-0.25, -0.2) is 4.68 Å². The number of hydrogen-bond acceptors (Lipinski definition) is 4. The van der Waals surface area contributed by atoms with Crippen LogP contribution in [0.15, 0.2) is 60.7 Å². The fraction of sp³-hybridized carbons (Fsp3) is 0.292. The lowest BCUT2D eigenvalue weighted by atomic mass is 9.63. The van der Waals surface area contributed by atoms with Gasteiger partial charge in [0.05, 0.1) is 22.7 Å². The van der Waals surface area contributed by atoms with Crippen LogP contribution in [0.25, 0.3) is 11.8 Å². The number of benzene rings is 2. The molecule has 0 spiro atoms. The molecule has 148 valence electrons. The van der Waals surface area contributed by atoms with Crippen LogP contribution in [0.5, 0.6) is 0 Å². The third-order valence-corrected chi connectivity index (χ3v) is 6.00. The number of aryl methyl sites for hydroxylation is 1. The fourth-order valence-corrected chi connectivity index (χ4v) is 4.78. The average molecular weight is 386 g/mol. The number of nitrogens with zero attached hydrogens (tertiary/aromatic N) is 3. The molecule has 1 aliphatic carbocycles. The predicted octanol–water partition coefficient (Wildman–Crippen LogP) is 3.87. The zero-order valence-corrected chi connectivity index (χ0v) is 16.8. The quantitative estimate of drug-likeness (QED) is 0.717. The first-order valence-electron chi connectivity index (χ1n) is 10.0. The lowest BCUT2D eigenvalue weighted by molar-refractivity contribution is -0.0738. The zero-order chi connectivity index (χ0) is 20.2. The maximum atomic E-state index is 10.1. The van der Waals surface area contributed by atoms with Crippen LogP contribution >= 0.6 is 0 Å². The second-order valence-electron chi connectivity index (χ2n) is 8.73. The van der Waals surface area contributed by atoms with Crippen molar-refractivity contribution in [3.05, 3.63) is 83.2 Å². The Morgan fingerprint density at radius 1 is 1.03 bits per heavy atom. The minimum Gasteiger partial charge on any atom is -0.390 e. The highest BCUT2D eigenvalue weighted by atomic mass is 16.3. The third-order valence-electron chi connectivity index (χ3n) is 6.00. The van der Waals surface area contributed by atoms with Gasteiger partial charge in [-0.2, -0.15) is 5.10 Å². The van der Waals surface area contributed by atoms with E-state index in [0.29, 0.717) is 19.5 Å². The molecule has 1 saturated carbocycles. The number of para-hydroxylation sites is 1. The molecule has 2 heterocycles. The summed E-state index contributed by atoms with van der Waals surface area (Å²) in [5.74, 6) is 0. The van der Waals surface area contributed by atoms with E-state index in [0.717, 1.165) is 33.9 Å². The van der Waals surface area contributed by atoms with Gasteiger partial charge < -0.3 is 15.7 Å². The van der Waals surface area contributed by atoms with Gasteiger partial charge in [-0.05, 0) is 62.1 Å². The van der Waals surface area contributed by atoms with Crippen LogP contribution in [0, 0.1) is 6.92 Å². The topological polar surface area (TPSA) is 67.3 Å². The number of rotatable bonds is 3. The molecule has 2 aromatic carbocycles. The number of hydrogen-bond donors (Lipinski definition) is 2. The molecule has 3 aromatic rings. The van der Waals surface area contributed by atoms with Gasteiger partial charge in [-0.15, -0.1) is 0 Å². The second-order valence-corrected chi connectivity index (χ2v) is 8.73. The highest BCUT2D eigenvalue weighted by Crippen LogP contribution is 2.46. The standard InChI is InChI=1S/C24H26N4O/c1-17-12-21-13-22(27(16-28(21)26-17)20-6-4-3-5-7-20)18-8-10-19(11-9-18)24(25)14-23(2,29)15-24/h3-13,29H,14-16,25H2,1-2H3. The molecule has 5 heteroatoms. The zero-order valence-electron chi connectivity index (χ0n) is 16.8. The van der Waals surface area contributed by atoms with Gasteiger partial charge in [-0.1, -0.05) is 42.5 Å². The van der Waals surface area contributed by atoms with Crippen molar-refractivity contribution in [2.24, 2.45) is 5.73 Å². The summed E-state index contributed by atoms with van der Waals surface area (Å²) in [7, 11) is 0. The fourth-order valence-electron chi connectivity index (χ4n) is 4.78. The van der Waals surface area contributed by atoms with Crippen molar-refractivity contribution in [3.8, 4) is 0 Å². The van der Waals surface area contributed by atoms with Crippen molar-refractivity contribution in [3.63, 3.8) is 0 Å². The average Bonchev–Trinajstić information content (AvgIpc) is 3.05. The van der Waals surface area contributed by atoms with E-state index in [-0.39, 0.29) is 0 Å². The third kappa shape index (κ3) is 3.16. The van der Waals surface area contributed by atoms with Crippen LogP contribution in [-0.4, -0.2) is 20.5 Å². The highest BCUT2D eigenvalue weighted by Gasteiger charge is 2.49. The van der Waals surface area contributed by atoms with Crippen molar-refractivity contribution in [2.75, 3.05) is 4.90 Å². The summed E-state index contributed by atoms with van der Waals surface area (Å²) in [6.45, 7) is 4.54. The van der Waals surface area contributed by atoms with Crippen molar-refractivity contribution >= 4 is 17.5 Å². The molecule has 0 bridgehead atoms. The molecule has 0 amide bonds. The van der Waals surface area contributed by atoms with E-state index in [2.05, 4.69) is 70.7 Å². The predicted molar refractivity (Wildman–Crippen MR) is 116 cm³/mol. The first-order valence-corrected chi connectivity index (χ1v) is 10.0. The van der Waals surface area contributed by atoms with E-state index in [1.807, 2.05) is 24.6 Å². The number of nitrogens with two attached hydrogens (primary N) is 1. The van der Waals surface area contributed by atoms with Crippen molar-refractivity contribution in [1.82, 2.24) is 9.78 Å². The summed E-state index contributed by atoms with van der Waals surface area (Å²) in [5, 5.41) is 14.7. The van der Waals surface area contributed by atoms with E-state index in [1.54, 1.807) is 0 Å². The van der Waals surface area contributed by atoms with Gasteiger partial charge >= 0.3 is 0 Å². The number of fused-ring (bicyclic) bond motifs is 1. The molecule has 0 unspecified atom stereocenters. The summed E-state index contributed by atoms with van der Waals surface area (Å²) in [6, 6.07) is 21.0. The van der Waals surface area contributed by atoms with Gasteiger partial charge in [0.25, 0.3) is 0 Å². The van der Waals surface area contributed by atoms with Gasteiger partial charge in [0.15, 0.2) is 0 Å². The number of aromatic nitrogens is 2. The van der Waals surface area contributed by atoms with Crippen LogP contribution in [0.1, 0.15) is 42.3 Å². The maximum absolute atomic E-state index is 10.1. The minimum absolute atomic E-state index is 0.433. The van der Waals surface area contributed by atoms with Gasteiger partial charge in [0, 0.05) is 11.2 Å². The number of anilines is 1. The molecule has 29 heavy (non-hydrogen) atoms. The lowest BCUT2D eigenvalue weighted by Gasteiger charge is -2.49. The Hall–Kier alpha value is -2.89. The molecule has 1 aromatic heterocycles. The van der Waals surface area contributed by atoms with Gasteiger partial charge in [0.2, 0.25) is 0 Å². The molecule has 1 fully saturated rings. The monoisotopic (exact) mass is 386 g/mol. The van der Waals surface area contributed by atoms with Crippen LogP contribution in [0.3, 0.4) is 0 Å². The Morgan fingerprint density at radius 3 is 2.38 bits per heavy atom. The smallest absolute Gasteiger partial charge is 0.117 e. The van der Waals surface area contributed by atoms with E-state index in [9.17, 15) is 5.11 Å². The second kappa shape index (κ2) is 6.31. The molecular weight excluding hydrogens is 360 g/mol. The molecule has 3 N–H and O–H groups in total. The number of aliphatic hydroxyl groups is 1. The molecular formula is C24H26N4O.